The van der Waals surface area contributed by atoms with Crippen LogP contribution >= 0.6 is 27.7 Å². The molecular formula is C13H16BrN3S. The lowest BCUT2D eigenvalue weighted by molar-refractivity contribution is 0.816. The number of rotatable bonds is 4. The second-order valence-electron chi connectivity index (χ2n) is 4.23. The Balaban J connectivity index is 2.00. The van der Waals surface area contributed by atoms with Gasteiger partial charge in [-0.15, -0.1) is 22.0 Å². The van der Waals surface area contributed by atoms with Crippen LogP contribution in [0.2, 0.25) is 0 Å². The lowest BCUT2D eigenvalue weighted by Crippen LogP contribution is -1.99. The first-order valence-electron chi connectivity index (χ1n) is 5.80. The number of aryl methyl sites for hydroxylation is 1. The Morgan fingerprint density at radius 2 is 2.17 bits per heavy atom. The van der Waals surface area contributed by atoms with Crippen molar-refractivity contribution < 1.29 is 0 Å². The molecule has 0 saturated heterocycles. The van der Waals surface area contributed by atoms with E-state index in [-0.39, 0.29) is 0 Å². The fourth-order valence-electron chi connectivity index (χ4n) is 1.63. The van der Waals surface area contributed by atoms with E-state index >= 15 is 0 Å². The summed E-state index contributed by atoms with van der Waals surface area (Å²) in [4.78, 5) is 0. The monoisotopic (exact) mass is 325 g/mol. The molecule has 1 atom stereocenters. The summed E-state index contributed by atoms with van der Waals surface area (Å²) in [6, 6.07) is 8.44. The second-order valence-corrected chi connectivity index (χ2v) is 6.48. The number of hydrogen-bond acceptors (Lipinski definition) is 3. The average molecular weight is 326 g/mol. The number of aromatic nitrogens is 3. The molecule has 96 valence electrons. The Morgan fingerprint density at radius 3 is 2.78 bits per heavy atom. The maximum Gasteiger partial charge on any atom is 0.142 e. The van der Waals surface area contributed by atoms with Crippen molar-refractivity contribution in [1.82, 2.24) is 14.8 Å². The Bertz CT molecular complexity index is 539. The van der Waals surface area contributed by atoms with Gasteiger partial charge in [0.25, 0.3) is 0 Å². The third-order valence-corrected chi connectivity index (χ3v) is 4.65. The van der Waals surface area contributed by atoms with E-state index < -0.39 is 0 Å². The molecule has 0 aliphatic carbocycles. The van der Waals surface area contributed by atoms with E-state index in [9.17, 15) is 0 Å². The molecule has 1 heterocycles. The van der Waals surface area contributed by atoms with Crippen LogP contribution in [0.1, 0.15) is 29.4 Å². The van der Waals surface area contributed by atoms with Gasteiger partial charge in [0.05, 0.1) is 5.75 Å². The molecule has 0 aliphatic heterocycles. The van der Waals surface area contributed by atoms with E-state index in [2.05, 4.69) is 51.3 Å². The third kappa shape index (κ3) is 3.14. The van der Waals surface area contributed by atoms with Crippen LogP contribution < -0.4 is 0 Å². The molecule has 5 heteroatoms. The van der Waals surface area contributed by atoms with Gasteiger partial charge < -0.3 is 4.57 Å². The topological polar surface area (TPSA) is 30.7 Å². The quantitative estimate of drug-likeness (QED) is 0.854. The highest BCUT2D eigenvalue weighted by Crippen LogP contribution is 2.31. The molecule has 1 aromatic heterocycles. The standard InChI is InChI=1S/C13H16BrN3S/c1-9(11-5-4-6-12(14)7-11)18-8-13-16-15-10(2)17(13)3/h4-7,9H,8H2,1-3H3/t9-/m1/s1. The highest BCUT2D eigenvalue weighted by molar-refractivity contribution is 9.10. The van der Waals surface area contributed by atoms with E-state index in [1.807, 2.05) is 36.4 Å². The van der Waals surface area contributed by atoms with Crippen LogP contribution in [-0.4, -0.2) is 14.8 Å². The van der Waals surface area contributed by atoms with E-state index in [1.165, 1.54) is 5.56 Å². The summed E-state index contributed by atoms with van der Waals surface area (Å²) in [7, 11) is 2.01. The second kappa shape index (κ2) is 5.89. The molecule has 0 amide bonds. The van der Waals surface area contributed by atoms with Crippen LogP contribution in [0, 0.1) is 6.92 Å². The molecule has 0 fully saturated rings. The van der Waals surface area contributed by atoms with E-state index in [1.54, 1.807) is 0 Å². The molecule has 0 saturated carbocycles. The van der Waals surface area contributed by atoms with Crippen molar-refractivity contribution in [3.8, 4) is 0 Å². The fourth-order valence-corrected chi connectivity index (χ4v) is 3.04. The fraction of sp³-hybridized carbons (Fsp3) is 0.385. The highest BCUT2D eigenvalue weighted by Gasteiger charge is 2.10. The Labute approximate surface area is 120 Å². The zero-order chi connectivity index (χ0) is 13.1. The smallest absolute Gasteiger partial charge is 0.142 e. The van der Waals surface area contributed by atoms with Gasteiger partial charge in [0.1, 0.15) is 11.6 Å². The number of benzene rings is 1. The maximum absolute atomic E-state index is 4.18. The van der Waals surface area contributed by atoms with Gasteiger partial charge in [-0.2, -0.15) is 0 Å². The zero-order valence-corrected chi connectivity index (χ0v) is 13.1. The normalized spacial score (nSPS) is 12.7. The van der Waals surface area contributed by atoms with Crippen molar-refractivity contribution >= 4 is 27.7 Å². The molecule has 0 spiro atoms. The van der Waals surface area contributed by atoms with Crippen LogP contribution in [0.3, 0.4) is 0 Å². The van der Waals surface area contributed by atoms with Crippen LogP contribution in [0.5, 0.6) is 0 Å². The molecule has 2 aromatic rings. The summed E-state index contributed by atoms with van der Waals surface area (Å²) in [6.45, 7) is 4.19. The maximum atomic E-state index is 4.18. The summed E-state index contributed by atoms with van der Waals surface area (Å²) in [5.74, 6) is 2.87. The first kappa shape index (κ1) is 13.6. The summed E-state index contributed by atoms with van der Waals surface area (Å²) in [5, 5.41) is 8.70. The van der Waals surface area contributed by atoms with Gasteiger partial charge in [-0.1, -0.05) is 28.1 Å². The molecule has 0 unspecified atom stereocenters. The van der Waals surface area contributed by atoms with Crippen LogP contribution in [-0.2, 0) is 12.8 Å². The highest BCUT2D eigenvalue weighted by atomic mass is 79.9. The molecule has 3 nitrogen and oxygen atoms in total. The number of halogens is 1. The summed E-state index contributed by atoms with van der Waals surface area (Å²) >= 11 is 5.38. The molecule has 0 radical (unpaired) electrons. The summed E-state index contributed by atoms with van der Waals surface area (Å²) in [6.07, 6.45) is 0. The molecular weight excluding hydrogens is 310 g/mol. The van der Waals surface area contributed by atoms with Gasteiger partial charge in [0.15, 0.2) is 0 Å². The van der Waals surface area contributed by atoms with Gasteiger partial charge in [0.2, 0.25) is 0 Å². The lowest BCUT2D eigenvalue weighted by atomic mass is 10.2. The molecule has 1 aromatic carbocycles. The summed E-state index contributed by atoms with van der Waals surface area (Å²) in [5.41, 5.74) is 1.33. The molecule has 0 bridgehead atoms. The van der Waals surface area contributed by atoms with Crippen molar-refractivity contribution in [2.45, 2.75) is 24.9 Å². The van der Waals surface area contributed by atoms with Gasteiger partial charge >= 0.3 is 0 Å². The number of nitrogens with zero attached hydrogens (tertiary/aromatic N) is 3. The van der Waals surface area contributed by atoms with Gasteiger partial charge in [0, 0.05) is 16.8 Å². The van der Waals surface area contributed by atoms with Crippen LogP contribution in [0.15, 0.2) is 28.7 Å². The first-order chi connectivity index (χ1) is 8.58. The molecule has 2 rings (SSSR count). The van der Waals surface area contributed by atoms with Crippen LogP contribution in [0.4, 0.5) is 0 Å². The molecule has 0 aliphatic rings. The summed E-state index contributed by atoms with van der Waals surface area (Å²) < 4.78 is 3.17. The van der Waals surface area contributed by atoms with Crippen molar-refractivity contribution in [2.24, 2.45) is 7.05 Å². The minimum Gasteiger partial charge on any atom is -0.318 e. The van der Waals surface area contributed by atoms with Gasteiger partial charge in [-0.25, -0.2) is 0 Å². The lowest BCUT2D eigenvalue weighted by Gasteiger charge is -2.11. The minimum absolute atomic E-state index is 0.444. The third-order valence-electron chi connectivity index (χ3n) is 2.96. The Hall–Kier alpha value is -0.810. The molecule has 0 N–H and O–H groups in total. The Morgan fingerprint density at radius 1 is 1.39 bits per heavy atom. The number of hydrogen-bond donors (Lipinski definition) is 0. The van der Waals surface area contributed by atoms with Crippen molar-refractivity contribution in [2.75, 3.05) is 0 Å². The minimum atomic E-state index is 0.444. The van der Waals surface area contributed by atoms with Gasteiger partial charge in [-0.3, -0.25) is 0 Å². The van der Waals surface area contributed by atoms with Crippen molar-refractivity contribution in [3.63, 3.8) is 0 Å². The molecule has 18 heavy (non-hydrogen) atoms. The van der Waals surface area contributed by atoms with E-state index in [0.29, 0.717) is 5.25 Å². The number of thioether (sulfide) groups is 1. The van der Waals surface area contributed by atoms with E-state index in [0.717, 1.165) is 21.9 Å². The SMILES string of the molecule is Cc1nnc(CS[C@H](C)c2cccc(Br)c2)n1C. The average Bonchev–Trinajstić information content (AvgIpc) is 2.67. The van der Waals surface area contributed by atoms with E-state index in [4.69, 9.17) is 0 Å². The Kier molecular flexibility index (Phi) is 4.45. The van der Waals surface area contributed by atoms with Crippen molar-refractivity contribution in [1.29, 1.82) is 0 Å². The predicted octanol–water partition coefficient (Wildman–Crippen LogP) is 3.88. The largest absolute Gasteiger partial charge is 0.318 e. The first-order valence-corrected chi connectivity index (χ1v) is 7.64. The van der Waals surface area contributed by atoms with Gasteiger partial charge in [-0.05, 0) is 31.5 Å². The van der Waals surface area contributed by atoms with Crippen LogP contribution in [0.25, 0.3) is 0 Å². The van der Waals surface area contributed by atoms with Crippen molar-refractivity contribution in [3.05, 3.63) is 46.0 Å². The predicted molar refractivity (Wildman–Crippen MR) is 79.6 cm³/mol. The zero-order valence-electron chi connectivity index (χ0n) is 10.7.